The maximum absolute atomic E-state index is 9.69. The van der Waals surface area contributed by atoms with Gasteiger partial charge in [-0.3, -0.25) is 0 Å². The van der Waals surface area contributed by atoms with Gasteiger partial charge in [-0.2, -0.15) is 0 Å². The molecule has 30 heavy (non-hydrogen) atoms. The quantitative estimate of drug-likeness (QED) is 0.236. The number of oxazole rings is 1. The maximum Gasteiger partial charge on any atom is 0.226 e. The van der Waals surface area contributed by atoms with Gasteiger partial charge >= 0.3 is 0 Å². The van der Waals surface area contributed by atoms with E-state index in [-0.39, 0.29) is 29.7 Å². The van der Waals surface area contributed by atoms with Crippen molar-refractivity contribution in [2.24, 2.45) is 4.99 Å². The van der Waals surface area contributed by atoms with Crippen molar-refractivity contribution in [3.8, 4) is 23.0 Å². The lowest BCUT2D eigenvalue weighted by molar-refractivity contribution is 0.373. The Morgan fingerprint density at radius 3 is 2.70 bits per heavy atom. The van der Waals surface area contributed by atoms with E-state index < -0.39 is 0 Å². The molecule has 0 amide bonds. The van der Waals surface area contributed by atoms with E-state index in [0.717, 1.165) is 29.8 Å². The van der Waals surface area contributed by atoms with Crippen LogP contribution in [0.5, 0.6) is 11.5 Å². The topological polar surface area (TPSA) is 91.9 Å². The molecule has 0 atom stereocenters. The number of methoxy groups -OCH3 is 1. The van der Waals surface area contributed by atoms with Gasteiger partial charge in [-0.15, -0.1) is 24.0 Å². The second-order valence-electron chi connectivity index (χ2n) is 6.39. The molecule has 160 valence electrons. The first-order valence-electron chi connectivity index (χ1n) is 9.57. The van der Waals surface area contributed by atoms with Gasteiger partial charge in [0.15, 0.2) is 17.5 Å². The van der Waals surface area contributed by atoms with Crippen molar-refractivity contribution in [3.63, 3.8) is 0 Å². The summed E-state index contributed by atoms with van der Waals surface area (Å²) in [5.41, 5.74) is 2.77. The summed E-state index contributed by atoms with van der Waals surface area (Å²) in [5, 5.41) is 16.2. The average molecular weight is 522 g/mol. The number of benzene rings is 2. The first-order valence-corrected chi connectivity index (χ1v) is 9.57. The molecule has 7 nitrogen and oxygen atoms in total. The van der Waals surface area contributed by atoms with Gasteiger partial charge in [0.1, 0.15) is 12.0 Å². The molecule has 0 unspecified atom stereocenters. The summed E-state index contributed by atoms with van der Waals surface area (Å²) in [6, 6.07) is 15.1. The van der Waals surface area contributed by atoms with Crippen LogP contribution in [-0.4, -0.2) is 36.2 Å². The van der Waals surface area contributed by atoms with Crippen LogP contribution in [0.3, 0.4) is 0 Å². The van der Waals surface area contributed by atoms with Crippen molar-refractivity contribution in [3.05, 3.63) is 66.1 Å². The van der Waals surface area contributed by atoms with Crippen LogP contribution in [0.2, 0.25) is 0 Å². The minimum Gasteiger partial charge on any atom is -0.504 e. The molecular weight excluding hydrogens is 495 g/mol. The molecule has 8 heteroatoms. The zero-order valence-electron chi connectivity index (χ0n) is 17.1. The fraction of sp³-hybridized carbons (Fsp3) is 0.273. The zero-order valence-corrected chi connectivity index (χ0v) is 19.4. The van der Waals surface area contributed by atoms with Crippen molar-refractivity contribution in [1.82, 2.24) is 15.6 Å². The van der Waals surface area contributed by atoms with Crippen LogP contribution in [0.15, 0.2) is 64.2 Å². The van der Waals surface area contributed by atoms with E-state index >= 15 is 0 Å². The monoisotopic (exact) mass is 522 g/mol. The average Bonchev–Trinajstić information content (AvgIpc) is 3.23. The predicted molar refractivity (Wildman–Crippen MR) is 129 cm³/mol. The van der Waals surface area contributed by atoms with E-state index in [1.54, 1.807) is 19.4 Å². The van der Waals surface area contributed by atoms with Crippen molar-refractivity contribution in [2.45, 2.75) is 19.9 Å². The van der Waals surface area contributed by atoms with E-state index in [1.807, 2.05) is 49.4 Å². The van der Waals surface area contributed by atoms with Gasteiger partial charge in [0.05, 0.1) is 13.7 Å². The Bertz CT molecular complexity index is 945. The predicted octanol–water partition coefficient (Wildman–Crippen LogP) is 3.97. The van der Waals surface area contributed by atoms with Gasteiger partial charge in [0.2, 0.25) is 5.89 Å². The molecule has 2 aromatic carbocycles. The molecule has 0 saturated heterocycles. The highest BCUT2D eigenvalue weighted by molar-refractivity contribution is 14.0. The molecule has 0 saturated carbocycles. The van der Waals surface area contributed by atoms with Gasteiger partial charge in [0.25, 0.3) is 0 Å². The highest BCUT2D eigenvalue weighted by Crippen LogP contribution is 2.26. The van der Waals surface area contributed by atoms with Crippen molar-refractivity contribution >= 4 is 29.9 Å². The van der Waals surface area contributed by atoms with Crippen LogP contribution in [-0.2, 0) is 13.0 Å². The largest absolute Gasteiger partial charge is 0.504 e. The molecule has 3 aromatic rings. The Morgan fingerprint density at radius 1 is 1.17 bits per heavy atom. The van der Waals surface area contributed by atoms with E-state index in [9.17, 15) is 5.11 Å². The van der Waals surface area contributed by atoms with E-state index in [4.69, 9.17) is 9.15 Å². The fourth-order valence-corrected chi connectivity index (χ4v) is 2.80. The third-order valence-electron chi connectivity index (χ3n) is 4.27. The number of aliphatic imine (C=N–C) groups is 1. The van der Waals surface area contributed by atoms with Crippen LogP contribution in [0.4, 0.5) is 0 Å². The molecular formula is C22H27IN4O3. The van der Waals surface area contributed by atoms with Crippen molar-refractivity contribution in [1.29, 1.82) is 0 Å². The number of hydrogen-bond acceptors (Lipinski definition) is 5. The summed E-state index contributed by atoms with van der Waals surface area (Å²) in [7, 11) is 1.54. The van der Waals surface area contributed by atoms with Crippen LogP contribution < -0.4 is 15.4 Å². The number of phenolic OH excluding ortho intramolecular Hbond substituents is 1. The summed E-state index contributed by atoms with van der Waals surface area (Å²) in [6.45, 7) is 3.88. The molecule has 0 radical (unpaired) electrons. The number of phenols is 1. The van der Waals surface area contributed by atoms with Crippen LogP contribution in [0, 0.1) is 0 Å². The normalized spacial score (nSPS) is 10.9. The molecule has 1 aromatic heterocycles. The molecule has 0 spiro atoms. The summed E-state index contributed by atoms with van der Waals surface area (Å²) in [6.07, 6.45) is 2.40. The van der Waals surface area contributed by atoms with Crippen molar-refractivity contribution < 1.29 is 14.3 Å². The highest BCUT2D eigenvalue weighted by atomic mass is 127. The van der Waals surface area contributed by atoms with Gasteiger partial charge in [-0.05, 0) is 43.2 Å². The summed E-state index contributed by atoms with van der Waals surface area (Å²) >= 11 is 0. The van der Waals surface area contributed by atoms with Crippen LogP contribution in [0.25, 0.3) is 11.5 Å². The number of hydrogen-bond donors (Lipinski definition) is 3. The Hall–Kier alpha value is -2.75. The molecule has 0 aliphatic heterocycles. The first-order chi connectivity index (χ1) is 14.2. The molecule has 0 aliphatic carbocycles. The fourth-order valence-electron chi connectivity index (χ4n) is 2.80. The Morgan fingerprint density at radius 2 is 1.97 bits per heavy atom. The van der Waals surface area contributed by atoms with Crippen LogP contribution >= 0.6 is 24.0 Å². The number of aromatic hydroxyl groups is 1. The number of rotatable bonds is 8. The number of halogens is 1. The lowest BCUT2D eigenvalue weighted by Gasteiger charge is -2.11. The summed E-state index contributed by atoms with van der Waals surface area (Å²) < 4.78 is 10.7. The minimum atomic E-state index is 0. The molecule has 0 bridgehead atoms. The van der Waals surface area contributed by atoms with Gasteiger partial charge in [-0.1, -0.05) is 24.3 Å². The van der Waals surface area contributed by atoms with Gasteiger partial charge < -0.3 is 24.9 Å². The smallest absolute Gasteiger partial charge is 0.226 e. The lowest BCUT2D eigenvalue weighted by atomic mass is 10.1. The van der Waals surface area contributed by atoms with Crippen LogP contribution in [0.1, 0.15) is 18.2 Å². The Labute approximate surface area is 193 Å². The molecule has 0 fully saturated rings. The molecule has 1 heterocycles. The molecule has 0 aliphatic rings. The van der Waals surface area contributed by atoms with E-state index in [0.29, 0.717) is 30.7 Å². The van der Waals surface area contributed by atoms with Crippen molar-refractivity contribution in [2.75, 3.05) is 20.2 Å². The summed E-state index contributed by atoms with van der Waals surface area (Å²) in [4.78, 5) is 9.08. The number of nitrogens with one attached hydrogen (secondary N) is 2. The Kier molecular flexibility index (Phi) is 9.46. The standard InChI is InChI=1S/C22H26N4O3.HI/c1-3-23-22(24-12-11-16-9-10-19(27)20(13-16)28-2)25-14-18-15-29-21(26-18)17-7-5-4-6-8-17;/h4-10,13,15,27H,3,11-12,14H2,1-2H3,(H2,23,24,25);1H. The molecule has 3 rings (SSSR count). The number of nitrogens with zero attached hydrogens (tertiary/aromatic N) is 2. The van der Waals surface area contributed by atoms with Gasteiger partial charge in [0, 0.05) is 18.7 Å². The first kappa shape index (κ1) is 23.5. The number of ether oxygens (including phenoxy) is 1. The lowest BCUT2D eigenvalue weighted by Crippen LogP contribution is -2.38. The second-order valence-corrected chi connectivity index (χ2v) is 6.39. The third-order valence-corrected chi connectivity index (χ3v) is 4.27. The third kappa shape index (κ3) is 6.65. The van der Waals surface area contributed by atoms with E-state index in [1.165, 1.54) is 0 Å². The second kappa shape index (κ2) is 12.1. The summed E-state index contributed by atoms with van der Waals surface area (Å²) in [5.74, 6) is 1.92. The minimum absolute atomic E-state index is 0. The van der Waals surface area contributed by atoms with Gasteiger partial charge in [-0.25, -0.2) is 9.98 Å². The number of guanidine groups is 1. The Balaban J connectivity index is 0.00000320. The highest BCUT2D eigenvalue weighted by Gasteiger charge is 2.07. The molecule has 3 N–H and O–H groups in total. The zero-order chi connectivity index (χ0) is 20.5. The number of aromatic nitrogens is 1. The SMILES string of the molecule is CCNC(=NCc1coc(-c2ccccc2)n1)NCCc1ccc(O)c(OC)c1.I. The maximum atomic E-state index is 9.69. The van der Waals surface area contributed by atoms with E-state index in [2.05, 4.69) is 20.6 Å².